The predicted molar refractivity (Wildman–Crippen MR) is 90.0 cm³/mol. The number of benzene rings is 1. The Kier molecular flexibility index (Phi) is 5.48. The van der Waals surface area contributed by atoms with Crippen LogP contribution in [0.4, 0.5) is 11.5 Å². The maximum Gasteiger partial charge on any atom is 0.415 e. The lowest BCUT2D eigenvalue weighted by atomic mass is 10.2. The average molecular weight is 352 g/mol. The van der Waals surface area contributed by atoms with Crippen LogP contribution >= 0.6 is 11.6 Å². The zero-order valence-electron chi connectivity index (χ0n) is 12.9. The van der Waals surface area contributed by atoms with Gasteiger partial charge < -0.3 is 14.9 Å². The van der Waals surface area contributed by atoms with Gasteiger partial charge in [-0.05, 0) is 41.7 Å². The molecule has 0 bridgehead atoms. The van der Waals surface area contributed by atoms with Crippen LogP contribution < -0.4 is 15.7 Å². The Hall–Kier alpha value is -2.94. The van der Waals surface area contributed by atoms with E-state index >= 15 is 0 Å². The summed E-state index contributed by atoms with van der Waals surface area (Å²) in [5, 5.41) is 18.1. The van der Waals surface area contributed by atoms with Crippen molar-refractivity contribution in [2.75, 3.05) is 12.0 Å². The van der Waals surface area contributed by atoms with Gasteiger partial charge in [-0.1, -0.05) is 11.6 Å². The average Bonchev–Trinajstić information content (AvgIpc) is 2.56. The van der Waals surface area contributed by atoms with E-state index in [0.29, 0.717) is 6.61 Å². The van der Waals surface area contributed by atoms with Crippen molar-refractivity contribution in [2.45, 2.75) is 6.92 Å². The van der Waals surface area contributed by atoms with Gasteiger partial charge in [0.1, 0.15) is 10.8 Å². The van der Waals surface area contributed by atoms with E-state index in [9.17, 15) is 14.9 Å². The summed E-state index contributed by atoms with van der Waals surface area (Å²) in [5.41, 5.74) is 2.21. The van der Waals surface area contributed by atoms with Crippen LogP contribution in [0.15, 0.2) is 34.2 Å². The molecule has 0 atom stereocenters. The van der Waals surface area contributed by atoms with Crippen LogP contribution in [0.3, 0.4) is 0 Å². The third-order valence-corrected chi connectivity index (χ3v) is 3.27. The molecule has 24 heavy (non-hydrogen) atoms. The Morgan fingerprint density at radius 2 is 2.12 bits per heavy atom. The molecule has 1 aromatic heterocycles. The summed E-state index contributed by atoms with van der Waals surface area (Å²) in [6.45, 7) is 2.45. The smallest absolute Gasteiger partial charge is 0.415 e. The third kappa shape index (κ3) is 3.87. The first-order chi connectivity index (χ1) is 11.4. The molecule has 0 saturated heterocycles. The maximum atomic E-state index is 11.7. The zero-order valence-corrected chi connectivity index (χ0v) is 13.6. The topological polar surface area (TPSA) is 112 Å². The van der Waals surface area contributed by atoms with Crippen LogP contribution in [-0.4, -0.2) is 27.5 Å². The molecule has 0 fully saturated rings. The molecule has 0 spiro atoms. The van der Waals surface area contributed by atoms with Crippen LogP contribution in [0.2, 0.25) is 5.02 Å². The first kappa shape index (κ1) is 17.4. The van der Waals surface area contributed by atoms with Crippen molar-refractivity contribution in [1.29, 1.82) is 0 Å². The SMILES string of the molecule is CCOc1ccc(/C=N/Nc2c([N+](=O)[O-])nn(C)c(=O)c2Cl)cc1. The fourth-order valence-electron chi connectivity index (χ4n) is 1.80. The first-order valence-corrected chi connectivity index (χ1v) is 7.25. The molecule has 0 amide bonds. The highest BCUT2D eigenvalue weighted by Crippen LogP contribution is 2.26. The predicted octanol–water partition coefficient (Wildman–Crippen LogP) is 2.19. The van der Waals surface area contributed by atoms with E-state index in [1.165, 1.54) is 13.3 Å². The van der Waals surface area contributed by atoms with Crippen molar-refractivity contribution >= 4 is 29.3 Å². The van der Waals surface area contributed by atoms with Gasteiger partial charge in [-0.25, -0.2) is 0 Å². The number of rotatable bonds is 6. The van der Waals surface area contributed by atoms with E-state index in [-0.39, 0.29) is 10.7 Å². The molecule has 0 aliphatic carbocycles. The number of hydrazone groups is 1. The molecule has 1 aromatic carbocycles. The Bertz CT molecular complexity index is 832. The summed E-state index contributed by atoms with van der Waals surface area (Å²) in [6.07, 6.45) is 1.42. The highest BCUT2D eigenvalue weighted by molar-refractivity contribution is 6.33. The fourth-order valence-corrected chi connectivity index (χ4v) is 2.05. The highest BCUT2D eigenvalue weighted by Gasteiger charge is 2.24. The van der Waals surface area contributed by atoms with E-state index < -0.39 is 16.3 Å². The molecule has 0 unspecified atom stereocenters. The lowest BCUT2D eigenvalue weighted by molar-refractivity contribution is -0.389. The highest BCUT2D eigenvalue weighted by atomic mass is 35.5. The molecule has 1 heterocycles. The largest absolute Gasteiger partial charge is 0.494 e. The lowest BCUT2D eigenvalue weighted by Gasteiger charge is -2.04. The van der Waals surface area contributed by atoms with Crippen LogP contribution in [0, 0.1) is 10.1 Å². The molecule has 126 valence electrons. The van der Waals surface area contributed by atoms with E-state index in [1.807, 2.05) is 6.92 Å². The summed E-state index contributed by atoms with van der Waals surface area (Å²) >= 11 is 5.85. The molecule has 10 heteroatoms. The summed E-state index contributed by atoms with van der Waals surface area (Å²) in [5.74, 6) is 0.128. The van der Waals surface area contributed by atoms with Gasteiger partial charge in [-0.2, -0.15) is 5.10 Å². The molecule has 0 saturated carbocycles. The maximum absolute atomic E-state index is 11.7. The number of anilines is 1. The fraction of sp³-hybridized carbons (Fsp3) is 0.214. The minimum absolute atomic E-state index is 0.257. The van der Waals surface area contributed by atoms with Gasteiger partial charge in [0, 0.05) is 0 Å². The number of nitro groups is 1. The standard InChI is InChI=1S/C14H14ClN5O4/c1-3-24-10-6-4-9(5-7-10)8-16-17-12-11(15)14(21)19(2)18-13(12)20(22)23/h4-8,17H,3H2,1-2H3/b16-8+. The molecule has 0 aliphatic heterocycles. The van der Waals surface area contributed by atoms with Crippen molar-refractivity contribution < 1.29 is 9.66 Å². The Morgan fingerprint density at radius 1 is 1.46 bits per heavy atom. The molecule has 1 N–H and O–H groups in total. The number of hydrogen-bond acceptors (Lipinski definition) is 7. The van der Waals surface area contributed by atoms with E-state index in [2.05, 4.69) is 15.6 Å². The molecular weight excluding hydrogens is 338 g/mol. The van der Waals surface area contributed by atoms with Gasteiger partial charge in [-0.3, -0.25) is 10.2 Å². The number of ether oxygens (including phenoxy) is 1. The second-order valence-corrected chi connectivity index (χ2v) is 4.95. The van der Waals surface area contributed by atoms with Crippen LogP contribution in [0.25, 0.3) is 0 Å². The van der Waals surface area contributed by atoms with Gasteiger partial charge in [-0.15, -0.1) is 4.68 Å². The molecule has 2 aromatic rings. The number of hydrogen-bond donors (Lipinski definition) is 1. The first-order valence-electron chi connectivity index (χ1n) is 6.87. The number of aromatic nitrogens is 2. The minimum atomic E-state index is -0.750. The van der Waals surface area contributed by atoms with Crippen molar-refractivity contribution in [3.8, 4) is 5.75 Å². The van der Waals surface area contributed by atoms with E-state index in [0.717, 1.165) is 16.0 Å². The van der Waals surface area contributed by atoms with Crippen LogP contribution in [0.5, 0.6) is 5.75 Å². The molecule has 0 aliphatic rings. The second kappa shape index (κ2) is 7.55. The second-order valence-electron chi connectivity index (χ2n) is 4.57. The number of halogens is 1. The number of aryl methyl sites for hydroxylation is 1. The normalized spacial score (nSPS) is 10.8. The van der Waals surface area contributed by atoms with Crippen molar-refractivity contribution in [1.82, 2.24) is 9.78 Å². The number of nitrogens with one attached hydrogen (secondary N) is 1. The summed E-state index contributed by atoms with van der Waals surface area (Å²) in [7, 11) is 1.27. The van der Waals surface area contributed by atoms with Crippen molar-refractivity contribution in [3.63, 3.8) is 0 Å². The number of nitrogens with zero attached hydrogens (tertiary/aromatic N) is 4. The molecule has 2 rings (SSSR count). The van der Waals surface area contributed by atoms with Gasteiger partial charge in [0.2, 0.25) is 0 Å². The van der Waals surface area contributed by atoms with Crippen LogP contribution in [-0.2, 0) is 7.05 Å². The van der Waals surface area contributed by atoms with Crippen LogP contribution in [0.1, 0.15) is 12.5 Å². The Morgan fingerprint density at radius 3 is 2.71 bits per heavy atom. The Balaban J connectivity index is 2.23. The Labute approximate surface area is 141 Å². The van der Waals surface area contributed by atoms with Gasteiger partial charge >= 0.3 is 11.4 Å². The van der Waals surface area contributed by atoms with E-state index in [1.54, 1.807) is 24.3 Å². The monoisotopic (exact) mass is 351 g/mol. The summed E-state index contributed by atoms with van der Waals surface area (Å²) < 4.78 is 6.11. The molecule has 9 nitrogen and oxygen atoms in total. The van der Waals surface area contributed by atoms with Gasteiger partial charge in [0.15, 0.2) is 5.69 Å². The van der Waals surface area contributed by atoms with Crippen molar-refractivity contribution in [3.05, 3.63) is 55.3 Å². The lowest BCUT2D eigenvalue weighted by Crippen LogP contribution is -2.22. The van der Waals surface area contributed by atoms with Gasteiger partial charge in [0.25, 0.3) is 0 Å². The summed E-state index contributed by atoms with van der Waals surface area (Å²) in [4.78, 5) is 22.0. The van der Waals surface area contributed by atoms with Crippen molar-refractivity contribution in [2.24, 2.45) is 12.1 Å². The zero-order chi connectivity index (χ0) is 17.7. The molecule has 0 radical (unpaired) electrons. The van der Waals surface area contributed by atoms with E-state index in [4.69, 9.17) is 16.3 Å². The summed E-state index contributed by atoms with van der Waals surface area (Å²) in [6, 6.07) is 7.04. The third-order valence-electron chi connectivity index (χ3n) is 2.92. The quantitative estimate of drug-likeness (QED) is 0.485. The van der Waals surface area contributed by atoms with Gasteiger partial charge in [0.05, 0.1) is 25.0 Å². The molecular formula is C14H14ClN5O4. The minimum Gasteiger partial charge on any atom is -0.494 e.